The number of benzene rings is 2. The van der Waals surface area contributed by atoms with E-state index in [4.69, 9.17) is 5.73 Å². The zero-order chi connectivity index (χ0) is 27.4. The van der Waals surface area contributed by atoms with Crippen molar-refractivity contribution in [2.75, 3.05) is 16.0 Å². The van der Waals surface area contributed by atoms with Crippen molar-refractivity contribution in [1.29, 1.82) is 0 Å². The number of nitrogens with one attached hydrogen (secondary N) is 4. The summed E-state index contributed by atoms with van der Waals surface area (Å²) in [5.74, 6) is -1.03. The summed E-state index contributed by atoms with van der Waals surface area (Å²) in [6, 6.07) is 9.66. The van der Waals surface area contributed by atoms with Gasteiger partial charge in [0.15, 0.2) is 10.9 Å². The Morgan fingerprint density at radius 2 is 1.68 bits per heavy atom. The molecule has 0 fully saturated rings. The van der Waals surface area contributed by atoms with Crippen LogP contribution in [0.25, 0.3) is 0 Å². The second-order valence-electron chi connectivity index (χ2n) is 8.03. The average Bonchev–Trinajstić information content (AvgIpc) is 3.44. The number of amides is 4. The lowest BCUT2D eigenvalue weighted by Gasteiger charge is -2.09. The molecule has 2 aromatic heterocycles. The van der Waals surface area contributed by atoms with Crippen molar-refractivity contribution in [2.24, 2.45) is 5.73 Å². The molecule has 0 bridgehead atoms. The maximum absolute atomic E-state index is 12.7. The Morgan fingerprint density at radius 3 is 2.26 bits per heavy atom. The molecule has 4 rings (SSSR count). The van der Waals surface area contributed by atoms with E-state index in [-0.39, 0.29) is 29.5 Å². The summed E-state index contributed by atoms with van der Waals surface area (Å²) < 4.78 is 38.1. The van der Waals surface area contributed by atoms with E-state index < -0.39 is 23.7 Å². The second kappa shape index (κ2) is 10.7. The molecule has 0 aliphatic heterocycles. The van der Waals surface area contributed by atoms with Crippen molar-refractivity contribution in [1.82, 2.24) is 15.0 Å². The van der Waals surface area contributed by atoms with Gasteiger partial charge in [0.25, 0.3) is 11.8 Å². The van der Waals surface area contributed by atoms with E-state index in [1.165, 1.54) is 11.3 Å². The summed E-state index contributed by atoms with van der Waals surface area (Å²) in [6.07, 6.45) is -2.62. The Balaban J connectivity index is 1.40. The number of imidazole rings is 1. The van der Waals surface area contributed by atoms with Crippen molar-refractivity contribution < 1.29 is 27.6 Å². The van der Waals surface area contributed by atoms with E-state index in [0.717, 1.165) is 34.7 Å². The number of hydrogen-bond donors (Lipinski definition) is 5. The highest BCUT2D eigenvalue weighted by atomic mass is 32.1. The molecule has 0 saturated heterocycles. The maximum Gasteiger partial charge on any atom is 0.416 e. The molecule has 0 spiro atoms. The summed E-state index contributed by atoms with van der Waals surface area (Å²) >= 11 is 1.36. The summed E-state index contributed by atoms with van der Waals surface area (Å²) in [6.45, 7) is 1.88. The van der Waals surface area contributed by atoms with Gasteiger partial charge in [0, 0.05) is 28.7 Å². The van der Waals surface area contributed by atoms with E-state index >= 15 is 0 Å². The minimum atomic E-state index is -4.50. The Kier molecular flexibility index (Phi) is 7.43. The lowest BCUT2D eigenvalue weighted by atomic mass is 10.1. The molecule has 0 aliphatic carbocycles. The number of carbonyl (C=O) groups excluding carboxylic acids is 3. The van der Waals surface area contributed by atoms with Crippen molar-refractivity contribution in [3.8, 4) is 0 Å². The van der Waals surface area contributed by atoms with Crippen molar-refractivity contribution >= 4 is 45.8 Å². The van der Waals surface area contributed by atoms with E-state index in [1.54, 1.807) is 30.5 Å². The fourth-order valence-corrected chi connectivity index (χ4v) is 4.00. The molecule has 4 aromatic rings. The smallest absolute Gasteiger partial charge is 0.364 e. The Bertz CT molecular complexity index is 1480. The van der Waals surface area contributed by atoms with Gasteiger partial charge in [0.05, 0.1) is 5.56 Å². The largest absolute Gasteiger partial charge is 0.416 e. The van der Waals surface area contributed by atoms with E-state index in [9.17, 15) is 27.6 Å². The zero-order valence-electron chi connectivity index (χ0n) is 19.6. The molecular formula is C24H20F3N7O3S. The molecule has 14 heteroatoms. The molecule has 0 radical (unpaired) electrons. The van der Waals surface area contributed by atoms with Crippen LogP contribution in [0.1, 0.15) is 42.7 Å². The van der Waals surface area contributed by atoms with E-state index in [2.05, 4.69) is 30.9 Å². The molecular weight excluding hydrogens is 523 g/mol. The minimum absolute atomic E-state index is 0.0982. The number of aromatic amines is 1. The normalized spacial score (nSPS) is 11.2. The minimum Gasteiger partial charge on any atom is -0.364 e. The highest BCUT2D eigenvalue weighted by molar-refractivity contribution is 7.15. The van der Waals surface area contributed by atoms with Gasteiger partial charge in [-0.3, -0.25) is 20.2 Å². The number of anilines is 3. The molecule has 0 saturated carbocycles. The Hall–Kier alpha value is -4.72. The number of alkyl halides is 3. The van der Waals surface area contributed by atoms with Crippen LogP contribution < -0.4 is 21.7 Å². The molecule has 2 aromatic carbocycles. The number of aromatic nitrogens is 3. The zero-order valence-corrected chi connectivity index (χ0v) is 20.5. The first-order valence-electron chi connectivity index (χ1n) is 10.9. The summed E-state index contributed by atoms with van der Waals surface area (Å²) in [7, 11) is 0. The first kappa shape index (κ1) is 26.3. The Labute approximate surface area is 217 Å². The molecule has 196 valence electrons. The predicted molar refractivity (Wildman–Crippen MR) is 135 cm³/mol. The number of nitrogens with two attached hydrogens (primary N) is 1. The van der Waals surface area contributed by atoms with E-state index in [0.29, 0.717) is 16.5 Å². The maximum atomic E-state index is 12.7. The van der Waals surface area contributed by atoms with Gasteiger partial charge < -0.3 is 16.0 Å². The van der Waals surface area contributed by atoms with Crippen LogP contribution in [-0.2, 0) is 12.6 Å². The number of primary amides is 1. The van der Waals surface area contributed by atoms with Gasteiger partial charge in [0.1, 0.15) is 11.5 Å². The van der Waals surface area contributed by atoms with Gasteiger partial charge in [0.2, 0.25) is 0 Å². The molecule has 2 heterocycles. The summed E-state index contributed by atoms with van der Waals surface area (Å²) in [5.41, 5.74) is 5.63. The lowest BCUT2D eigenvalue weighted by molar-refractivity contribution is -0.137. The number of hydrogen-bond acceptors (Lipinski definition) is 6. The van der Waals surface area contributed by atoms with Crippen LogP contribution in [0.2, 0.25) is 0 Å². The van der Waals surface area contributed by atoms with Gasteiger partial charge in [-0.05, 0) is 48.9 Å². The fourth-order valence-electron chi connectivity index (χ4n) is 3.34. The number of thiazole rings is 1. The molecule has 38 heavy (non-hydrogen) atoms. The first-order chi connectivity index (χ1) is 18.0. The van der Waals surface area contributed by atoms with Gasteiger partial charge >= 0.3 is 12.2 Å². The summed E-state index contributed by atoms with van der Waals surface area (Å²) in [5, 5.41) is 7.94. The van der Waals surface area contributed by atoms with Crippen LogP contribution >= 0.6 is 11.3 Å². The van der Waals surface area contributed by atoms with Crippen molar-refractivity contribution in [3.63, 3.8) is 0 Å². The fraction of sp³-hybridized carbons (Fsp3) is 0.125. The van der Waals surface area contributed by atoms with Crippen LogP contribution in [-0.4, -0.2) is 32.8 Å². The van der Waals surface area contributed by atoms with Crippen LogP contribution in [0.5, 0.6) is 0 Å². The van der Waals surface area contributed by atoms with Crippen molar-refractivity contribution in [2.45, 2.75) is 19.5 Å². The topological polar surface area (TPSA) is 155 Å². The van der Waals surface area contributed by atoms with Gasteiger partial charge in [-0.25, -0.2) is 14.8 Å². The standard InChI is InChI=1S/C24H20F3N7O3S/c1-12-11-29-23(38-12)34-21(36)14-4-2-13(3-5-14)10-17-31-18(19(28)35)20(32-17)33-22(37)30-16-8-6-15(7-9-16)24(25,26)27/h2-9,11H,10H2,1H3,(H2,28,35)(H,31,32)(H,29,34,36)(H2,30,33,37). The van der Waals surface area contributed by atoms with Crippen LogP contribution in [0.15, 0.2) is 54.7 Å². The third-order valence-corrected chi connectivity index (χ3v) is 5.96. The Morgan fingerprint density at radius 1 is 1.00 bits per heavy atom. The highest BCUT2D eigenvalue weighted by Crippen LogP contribution is 2.30. The number of halogens is 3. The molecule has 6 N–H and O–H groups in total. The lowest BCUT2D eigenvalue weighted by Crippen LogP contribution is -2.22. The quantitative estimate of drug-likeness (QED) is 0.227. The van der Waals surface area contributed by atoms with Crippen molar-refractivity contribution in [3.05, 3.63) is 87.8 Å². The number of rotatable bonds is 7. The molecule has 0 aliphatic rings. The van der Waals surface area contributed by atoms with Crippen LogP contribution in [0, 0.1) is 6.92 Å². The SMILES string of the molecule is Cc1cnc(NC(=O)c2ccc(Cc3nc(NC(=O)Nc4ccc(C(F)(F)F)cc4)c(C(N)=O)[nH]3)cc2)s1. The van der Waals surface area contributed by atoms with Crippen LogP contribution in [0.4, 0.5) is 34.6 Å². The summed E-state index contributed by atoms with van der Waals surface area (Å²) in [4.78, 5) is 48.6. The monoisotopic (exact) mass is 543 g/mol. The van der Waals surface area contributed by atoms with Gasteiger partial charge in [-0.15, -0.1) is 11.3 Å². The third kappa shape index (κ3) is 6.53. The van der Waals surface area contributed by atoms with Gasteiger partial charge in [-0.1, -0.05) is 12.1 Å². The molecule has 0 atom stereocenters. The first-order valence-corrected chi connectivity index (χ1v) is 11.8. The average molecular weight is 544 g/mol. The number of urea groups is 1. The number of nitrogens with zero attached hydrogens (tertiary/aromatic N) is 2. The van der Waals surface area contributed by atoms with Crippen LogP contribution in [0.3, 0.4) is 0 Å². The highest BCUT2D eigenvalue weighted by Gasteiger charge is 2.30. The van der Waals surface area contributed by atoms with Gasteiger partial charge in [-0.2, -0.15) is 13.2 Å². The molecule has 4 amide bonds. The number of aryl methyl sites for hydroxylation is 1. The third-order valence-electron chi connectivity index (χ3n) is 5.13. The number of carbonyl (C=O) groups is 3. The predicted octanol–water partition coefficient (Wildman–Crippen LogP) is 4.78. The molecule has 10 nitrogen and oxygen atoms in total. The number of H-pyrrole nitrogens is 1. The molecule has 0 unspecified atom stereocenters. The van der Waals surface area contributed by atoms with E-state index in [1.807, 2.05) is 6.92 Å². The second-order valence-corrected chi connectivity index (χ2v) is 9.26.